The molecule has 0 spiro atoms. The number of sulfonamides is 1. The van der Waals surface area contributed by atoms with E-state index in [1.807, 2.05) is 37.3 Å². The molecule has 0 aliphatic heterocycles. The fourth-order valence-corrected chi connectivity index (χ4v) is 3.95. The summed E-state index contributed by atoms with van der Waals surface area (Å²) < 4.78 is 26.7. The molecule has 3 N–H and O–H groups in total. The topological polar surface area (TPSA) is 104 Å². The Morgan fingerprint density at radius 3 is 2.10 bits per heavy atom. The van der Waals surface area contributed by atoms with Gasteiger partial charge >= 0.3 is 11.8 Å². The molecule has 1 unspecified atom stereocenters. The summed E-state index contributed by atoms with van der Waals surface area (Å²) in [7, 11) is -3.53. The Kier molecular flexibility index (Phi) is 7.92. The molecule has 0 heterocycles. The first-order chi connectivity index (χ1) is 13.7. The minimum Gasteiger partial charge on any atom is -0.348 e. The van der Waals surface area contributed by atoms with Crippen LogP contribution in [0.4, 0.5) is 0 Å². The second-order valence-electron chi connectivity index (χ2n) is 7.03. The van der Waals surface area contributed by atoms with Gasteiger partial charge in [0.1, 0.15) is 0 Å². The third kappa shape index (κ3) is 6.99. The van der Waals surface area contributed by atoms with Crippen LogP contribution in [0.3, 0.4) is 0 Å². The largest absolute Gasteiger partial charge is 0.348 e. The highest BCUT2D eigenvalue weighted by molar-refractivity contribution is 7.89. The van der Waals surface area contributed by atoms with E-state index >= 15 is 0 Å². The van der Waals surface area contributed by atoms with Crippen LogP contribution in [0, 0.1) is 0 Å². The van der Waals surface area contributed by atoms with Crippen LogP contribution in [0.25, 0.3) is 0 Å². The lowest BCUT2D eigenvalue weighted by Crippen LogP contribution is -2.41. The summed E-state index contributed by atoms with van der Waals surface area (Å²) >= 11 is 0. The van der Waals surface area contributed by atoms with E-state index in [-0.39, 0.29) is 23.5 Å². The molecule has 7 nitrogen and oxygen atoms in total. The van der Waals surface area contributed by atoms with E-state index < -0.39 is 21.8 Å². The van der Waals surface area contributed by atoms with E-state index in [0.29, 0.717) is 6.42 Å². The predicted octanol–water partition coefficient (Wildman–Crippen LogP) is 1.91. The first-order valence-corrected chi connectivity index (χ1v) is 10.9. The van der Waals surface area contributed by atoms with Crippen molar-refractivity contribution in [3.8, 4) is 0 Å². The molecule has 2 aromatic rings. The van der Waals surface area contributed by atoms with E-state index in [2.05, 4.69) is 15.4 Å². The number of carbonyl (C=O) groups excluding carboxylic acids is 2. The molecule has 2 rings (SSSR count). The second kappa shape index (κ2) is 10.2. The molecule has 29 heavy (non-hydrogen) atoms. The van der Waals surface area contributed by atoms with Gasteiger partial charge in [-0.05, 0) is 50.5 Å². The smallest absolute Gasteiger partial charge is 0.309 e. The third-order valence-electron chi connectivity index (χ3n) is 4.18. The van der Waals surface area contributed by atoms with Gasteiger partial charge in [-0.3, -0.25) is 9.59 Å². The van der Waals surface area contributed by atoms with Crippen molar-refractivity contribution in [1.82, 2.24) is 15.4 Å². The molecule has 156 valence electrons. The highest BCUT2D eigenvalue weighted by Gasteiger charge is 2.17. The highest BCUT2D eigenvalue weighted by atomic mass is 32.2. The Morgan fingerprint density at radius 1 is 0.897 bits per heavy atom. The zero-order chi connectivity index (χ0) is 21.4. The number of benzene rings is 2. The van der Waals surface area contributed by atoms with E-state index in [0.717, 1.165) is 11.1 Å². The zero-order valence-corrected chi connectivity index (χ0v) is 17.6. The summed E-state index contributed by atoms with van der Waals surface area (Å²) in [5.41, 5.74) is 1.77. The van der Waals surface area contributed by atoms with Gasteiger partial charge < -0.3 is 10.6 Å². The van der Waals surface area contributed by atoms with Gasteiger partial charge in [0.05, 0.1) is 10.9 Å². The fourth-order valence-electron chi connectivity index (χ4n) is 2.70. The maximum atomic E-state index is 12.1. The predicted molar refractivity (Wildman–Crippen MR) is 112 cm³/mol. The van der Waals surface area contributed by atoms with E-state index in [4.69, 9.17) is 0 Å². The van der Waals surface area contributed by atoms with Crippen LogP contribution in [-0.4, -0.2) is 32.8 Å². The second-order valence-corrected chi connectivity index (χ2v) is 8.75. The standard InChI is InChI=1S/C21H27N3O4S/c1-15(2)24-29(27,28)19-11-9-17(10-12-19)13-14-22-20(25)21(26)23-16(3)18-7-5-4-6-8-18/h4-12,15-16,24H,13-14H2,1-3H3,(H,22,25)(H,23,26). The Hall–Kier alpha value is -2.71. The Morgan fingerprint density at radius 2 is 1.52 bits per heavy atom. The van der Waals surface area contributed by atoms with Gasteiger partial charge in [0.25, 0.3) is 0 Å². The molecular weight excluding hydrogens is 390 g/mol. The molecule has 0 aliphatic rings. The van der Waals surface area contributed by atoms with Crippen molar-refractivity contribution >= 4 is 21.8 Å². The molecule has 0 aromatic heterocycles. The summed E-state index contributed by atoms with van der Waals surface area (Å²) in [6.07, 6.45) is 0.477. The Labute approximate surface area is 172 Å². The molecule has 1 atom stereocenters. The molecule has 8 heteroatoms. The van der Waals surface area contributed by atoms with Crippen molar-refractivity contribution in [3.63, 3.8) is 0 Å². The van der Waals surface area contributed by atoms with Gasteiger partial charge in [-0.25, -0.2) is 13.1 Å². The summed E-state index contributed by atoms with van der Waals surface area (Å²) in [5.74, 6) is -1.39. The van der Waals surface area contributed by atoms with Crippen LogP contribution in [0.1, 0.15) is 37.9 Å². The molecule has 0 fully saturated rings. The average molecular weight is 418 g/mol. The van der Waals surface area contributed by atoms with E-state index in [1.165, 1.54) is 12.1 Å². The van der Waals surface area contributed by atoms with Crippen molar-refractivity contribution in [2.24, 2.45) is 0 Å². The van der Waals surface area contributed by atoms with Gasteiger partial charge in [-0.15, -0.1) is 0 Å². The Balaban J connectivity index is 1.81. The van der Waals surface area contributed by atoms with Gasteiger partial charge in [0.2, 0.25) is 10.0 Å². The lowest BCUT2D eigenvalue weighted by molar-refractivity contribution is -0.139. The highest BCUT2D eigenvalue weighted by Crippen LogP contribution is 2.12. The average Bonchev–Trinajstić information content (AvgIpc) is 2.68. The number of hydrogen-bond donors (Lipinski definition) is 3. The van der Waals surface area contributed by atoms with Gasteiger partial charge in [0, 0.05) is 12.6 Å². The van der Waals surface area contributed by atoms with Crippen molar-refractivity contribution in [2.45, 2.75) is 44.2 Å². The normalized spacial score (nSPS) is 12.4. The first-order valence-electron chi connectivity index (χ1n) is 9.44. The van der Waals surface area contributed by atoms with Crippen LogP contribution in [0.15, 0.2) is 59.5 Å². The van der Waals surface area contributed by atoms with E-state index in [9.17, 15) is 18.0 Å². The molecule has 0 saturated heterocycles. The van der Waals surface area contributed by atoms with Gasteiger partial charge in [-0.2, -0.15) is 0 Å². The molecule has 2 aromatic carbocycles. The number of amides is 2. The SMILES string of the molecule is CC(C)NS(=O)(=O)c1ccc(CCNC(=O)C(=O)NC(C)c2ccccc2)cc1. The first kappa shape index (κ1) is 22.6. The number of nitrogens with one attached hydrogen (secondary N) is 3. The van der Waals surface area contributed by atoms with Crippen molar-refractivity contribution < 1.29 is 18.0 Å². The maximum Gasteiger partial charge on any atom is 0.309 e. The van der Waals surface area contributed by atoms with Gasteiger partial charge in [0.15, 0.2) is 0 Å². The molecule has 0 radical (unpaired) electrons. The molecule has 0 bridgehead atoms. The minimum absolute atomic E-state index is 0.188. The minimum atomic E-state index is -3.53. The van der Waals surface area contributed by atoms with Crippen LogP contribution in [-0.2, 0) is 26.0 Å². The van der Waals surface area contributed by atoms with Crippen LogP contribution < -0.4 is 15.4 Å². The Bertz CT molecular complexity index is 926. The molecular formula is C21H27N3O4S. The number of rotatable bonds is 8. The van der Waals surface area contributed by atoms with Crippen molar-refractivity contribution in [3.05, 3.63) is 65.7 Å². The van der Waals surface area contributed by atoms with E-state index in [1.54, 1.807) is 26.0 Å². The molecule has 0 aliphatic carbocycles. The van der Waals surface area contributed by atoms with Crippen LogP contribution >= 0.6 is 0 Å². The fraction of sp³-hybridized carbons (Fsp3) is 0.333. The van der Waals surface area contributed by atoms with Gasteiger partial charge in [-0.1, -0.05) is 42.5 Å². The van der Waals surface area contributed by atoms with Crippen LogP contribution in [0.5, 0.6) is 0 Å². The molecule has 2 amide bonds. The third-order valence-corrected chi connectivity index (χ3v) is 5.85. The van der Waals surface area contributed by atoms with Crippen molar-refractivity contribution in [2.75, 3.05) is 6.54 Å². The summed E-state index contributed by atoms with van der Waals surface area (Å²) in [4.78, 5) is 24.2. The lowest BCUT2D eigenvalue weighted by atomic mass is 10.1. The monoisotopic (exact) mass is 417 g/mol. The maximum absolute atomic E-state index is 12.1. The zero-order valence-electron chi connectivity index (χ0n) is 16.8. The summed E-state index contributed by atoms with van der Waals surface area (Å²) in [6.45, 7) is 5.59. The number of hydrogen-bond acceptors (Lipinski definition) is 4. The molecule has 0 saturated carbocycles. The number of carbonyl (C=O) groups is 2. The van der Waals surface area contributed by atoms with Crippen LogP contribution in [0.2, 0.25) is 0 Å². The quantitative estimate of drug-likeness (QED) is 0.571. The van der Waals surface area contributed by atoms with Crippen molar-refractivity contribution in [1.29, 1.82) is 0 Å². The summed E-state index contributed by atoms with van der Waals surface area (Å²) in [6, 6.07) is 15.3. The lowest BCUT2D eigenvalue weighted by Gasteiger charge is -2.14. The summed E-state index contributed by atoms with van der Waals surface area (Å²) in [5, 5.41) is 5.24.